The van der Waals surface area contributed by atoms with Gasteiger partial charge in [0.2, 0.25) is 5.91 Å². The van der Waals surface area contributed by atoms with Crippen LogP contribution in [0.3, 0.4) is 0 Å². The number of nitrogens with zero attached hydrogens (tertiary/aromatic N) is 3. The number of methoxy groups -OCH3 is 2. The minimum atomic E-state index is -0.700. The second-order valence-corrected chi connectivity index (χ2v) is 7.61. The molecule has 162 valence electrons. The van der Waals surface area contributed by atoms with E-state index in [-0.39, 0.29) is 11.5 Å². The molecule has 2 aromatic heterocycles. The number of rotatable bonds is 6. The average Bonchev–Trinajstić information content (AvgIpc) is 2.80. The maximum Gasteiger partial charge on any atom is 0.263 e. The zero-order valence-electron chi connectivity index (χ0n) is 18.0. The van der Waals surface area contributed by atoms with Crippen LogP contribution in [-0.4, -0.2) is 34.7 Å². The standard InChI is InChI=1S/C23H26N4O4/c1-4-18(22(28)25-15-9-10-19(30-2)20(12-15)31-3)27-13-24-21-16(23(27)29)11-14-7-5-6-8-17(14)26-21/h9-13,18H,4-8H2,1-3H3,(H,25,28)/t18-/m0/s1. The zero-order chi connectivity index (χ0) is 22.0. The van der Waals surface area contributed by atoms with Crippen molar-refractivity contribution >= 4 is 22.6 Å². The van der Waals surface area contributed by atoms with Gasteiger partial charge in [-0.3, -0.25) is 14.2 Å². The van der Waals surface area contributed by atoms with Crippen molar-refractivity contribution in [2.75, 3.05) is 19.5 Å². The summed E-state index contributed by atoms with van der Waals surface area (Å²) in [5, 5.41) is 3.32. The van der Waals surface area contributed by atoms with Crippen molar-refractivity contribution < 1.29 is 14.3 Å². The molecule has 1 N–H and O–H groups in total. The largest absolute Gasteiger partial charge is 0.493 e. The Balaban J connectivity index is 1.66. The van der Waals surface area contributed by atoms with Crippen LogP contribution in [0.25, 0.3) is 11.0 Å². The summed E-state index contributed by atoms with van der Waals surface area (Å²) in [6, 6.07) is 6.33. The van der Waals surface area contributed by atoms with E-state index in [1.54, 1.807) is 25.3 Å². The number of ether oxygens (including phenoxy) is 2. The van der Waals surface area contributed by atoms with E-state index < -0.39 is 6.04 Å². The van der Waals surface area contributed by atoms with Crippen molar-refractivity contribution in [2.45, 2.75) is 45.1 Å². The number of fused-ring (bicyclic) bond motifs is 2. The van der Waals surface area contributed by atoms with Gasteiger partial charge in [-0.25, -0.2) is 9.97 Å². The number of nitrogens with one attached hydrogen (secondary N) is 1. The van der Waals surface area contributed by atoms with Crippen LogP contribution in [0.4, 0.5) is 5.69 Å². The summed E-state index contributed by atoms with van der Waals surface area (Å²) in [4.78, 5) is 35.2. The third-order valence-corrected chi connectivity index (χ3v) is 5.73. The van der Waals surface area contributed by atoms with Crippen LogP contribution in [0.5, 0.6) is 11.5 Å². The molecule has 0 radical (unpaired) electrons. The van der Waals surface area contributed by atoms with E-state index in [4.69, 9.17) is 9.47 Å². The highest BCUT2D eigenvalue weighted by Crippen LogP contribution is 2.30. The van der Waals surface area contributed by atoms with Gasteiger partial charge < -0.3 is 14.8 Å². The van der Waals surface area contributed by atoms with Crippen molar-refractivity contribution in [1.82, 2.24) is 14.5 Å². The fraction of sp³-hybridized carbons (Fsp3) is 0.391. The first-order valence-electron chi connectivity index (χ1n) is 10.5. The van der Waals surface area contributed by atoms with Crippen LogP contribution < -0.4 is 20.3 Å². The molecule has 4 rings (SSSR count). The summed E-state index contributed by atoms with van der Waals surface area (Å²) in [7, 11) is 3.08. The van der Waals surface area contributed by atoms with Crippen LogP contribution in [0, 0.1) is 0 Å². The van der Waals surface area contributed by atoms with Crippen molar-refractivity contribution in [3.05, 3.63) is 52.2 Å². The Morgan fingerprint density at radius 1 is 1.16 bits per heavy atom. The average molecular weight is 422 g/mol. The number of amides is 1. The number of benzene rings is 1. The number of carbonyl (C=O) groups is 1. The second kappa shape index (κ2) is 8.75. The van der Waals surface area contributed by atoms with Gasteiger partial charge in [0.05, 0.1) is 19.6 Å². The molecular weight excluding hydrogens is 396 g/mol. The third-order valence-electron chi connectivity index (χ3n) is 5.73. The minimum absolute atomic E-state index is 0.250. The molecule has 1 aliphatic rings. The lowest BCUT2D eigenvalue weighted by Crippen LogP contribution is -2.33. The first kappa shape index (κ1) is 20.8. The predicted octanol–water partition coefficient (Wildman–Crippen LogP) is 3.28. The molecule has 1 atom stereocenters. The molecule has 0 saturated carbocycles. The molecule has 0 saturated heterocycles. The van der Waals surface area contributed by atoms with Crippen LogP contribution in [0.2, 0.25) is 0 Å². The number of hydrogen-bond acceptors (Lipinski definition) is 6. The second-order valence-electron chi connectivity index (χ2n) is 7.61. The summed E-state index contributed by atoms with van der Waals surface area (Å²) in [5.41, 5.74) is 2.88. The van der Waals surface area contributed by atoms with Gasteiger partial charge in [0.1, 0.15) is 12.4 Å². The molecule has 0 bridgehead atoms. The maximum atomic E-state index is 13.2. The Hall–Kier alpha value is -3.42. The van der Waals surface area contributed by atoms with E-state index in [0.29, 0.717) is 34.6 Å². The lowest BCUT2D eigenvalue weighted by atomic mass is 9.95. The number of anilines is 1. The molecule has 3 aromatic rings. The molecule has 0 spiro atoms. The Morgan fingerprint density at radius 3 is 2.68 bits per heavy atom. The topological polar surface area (TPSA) is 95.3 Å². The van der Waals surface area contributed by atoms with E-state index in [1.165, 1.54) is 18.0 Å². The molecule has 31 heavy (non-hydrogen) atoms. The smallest absolute Gasteiger partial charge is 0.263 e. The quantitative estimate of drug-likeness (QED) is 0.655. The SMILES string of the molecule is CC[C@@H](C(=O)Nc1ccc(OC)c(OC)c1)n1cnc2nc3c(cc2c1=O)CCCC3. The molecule has 1 aromatic carbocycles. The normalized spacial score (nSPS) is 14.0. The predicted molar refractivity (Wildman–Crippen MR) is 118 cm³/mol. The first-order valence-corrected chi connectivity index (χ1v) is 10.5. The highest BCUT2D eigenvalue weighted by atomic mass is 16.5. The fourth-order valence-corrected chi connectivity index (χ4v) is 4.06. The van der Waals surface area contributed by atoms with Crippen LogP contribution in [-0.2, 0) is 17.6 Å². The minimum Gasteiger partial charge on any atom is -0.493 e. The van der Waals surface area contributed by atoms with Gasteiger partial charge in [-0.1, -0.05) is 6.92 Å². The van der Waals surface area contributed by atoms with Gasteiger partial charge >= 0.3 is 0 Å². The highest BCUT2D eigenvalue weighted by Gasteiger charge is 2.23. The Kier molecular flexibility index (Phi) is 5.88. The number of hydrogen-bond donors (Lipinski definition) is 1. The Morgan fingerprint density at radius 2 is 1.94 bits per heavy atom. The van der Waals surface area contributed by atoms with E-state index in [2.05, 4.69) is 15.3 Å². The van der Waals surface area contributed by atoms with Gasteiger partial charge in [0.15, 0.2) is 17.1 Å². The number of carbonyl (C=O) groups excluding carboxylic acids is 1. The molecule has 2 heterocycles. The Labute approximate surface area is 180 Å². The van der Waals surface area contributed by atoms with Crippen molar-refractivity contribution in [3.63, 3.8) is 0 Å². The molecule has 1 amide bonds. The molecule has 1 aliphatic carbocycles. The van der Waals surface area contributed by atoms with Gasteiger partial charge in [-0.05, 0) is 55.9 Å². The fourth-order valence-electron chi connectivity index (χ4n) is 4.06. The van der Waals surface area contributed by atoms with Crippen molar-refractivity contribution in [1.29, 1.82) is 0 Å². The van der Waals surface area contributed by atoms with Gasteiger partial charge in [0.25, 0.3) is 5.56 Å². The van der Waals surface area contributed by atoms with Crippen molar-refractivity contribution in [2.24, 2.45) is 0 Å². The summed E-state index contributed by atoms with van der Waals surface area (Å²) in [6.07, 6.45) is 5.90. The molecule has 8 nitrogen and oxygen atoms in total. The van der Waals surface area contributed by atoms with E-state index >= 15 is 0 Å². The summed E-state index contributed by atoms with van der Waals surface area (Å²) >= 11 is 0. The van der Waals surface area contributed by atoms with Crippen LogP contribution in [0.1, 0.15) is 43.5 Å². The molecule has 0 fully saturated rings. The molecule has 8 heteroatoms. The monoisotopic (exact) mass is 422 g/mol. The summed E-state index contributed by atoms with van der Waals surface area (Å²) in [5.74, 6) is 0.774. The number of aryl methyl sites for hydroxylation is 2. The highest BCUT2D eigenvalue weighted by molar-refractivity contribution is 5.94. The van der Waals surface area contributed by atoms with Gasteiger partial charge in [-0.15, -0.1) is 0 Å². The molecule has 0 aliphatic heterocycles. The molecular formula is C23H26N4O4. The van der Waals surface area contributed by atoms with Gasteiger partial charge in [0, 0.05) is 17.4 Å². The lowest BCUT2D eigenvalue weighted by molar-refractivity contribution is -0.119. The number of pyridine rings is 1. The zero-order valence-corrected chi connectivity index (χ0v) is 18.0. The lowest BCUT2D eigenvalue weighted by Gasteiger charge is -2.19. The third kappa shape index (κ3) is 3.97. The van der Waals surface area contributed by atoms with E-state index in [0.717, 1.165) is 36.9 Å². The van der Waals surface area contributed by atoms with Crippen molar-refractivity contribution in [3.8, 4) is 11.5 Å². The maximum absolute atomic E-state index is 13.2. The number of aromatic nitrogens is 3. The van der Waals surface area contributed by atoms with E-state index in [1.807, 2.05) is 13.0 Å². The Bertz CT molecular complexity index is 1190. The van der Waals surface area contributed by atoms with Crippen LogP contribution in [0.15, 0.2) is 35.4 Å². The molecule has 0 unspecified atom stereocenters. The summed E-state index contributed by atoms with van der Waals surface area (Å²) < 4.78 is 11.9. The first-order chi connectivity index (χ1) is 15.0. The van der Waals surface area contributed by atoms with E-state index in [9.17, 15) is 9.59 Å². The summed E-state index contributed by atoms with van der Waals surface area (Å²) in [6.45, 7) is 1.86. The van der Waals surface area contributed by atoms with Crippen LogP contribution >= 0.6 is 0 Å². The van der Waals surface area contributed by atoms with Gasteiger partial charge in [-0.2, -0.15) is 0 Å².